The summed E-state index contributed by atoms with van der Waals surface area (Å²) in [6.07, 6.45) is 1.62. The Morgan fingerprint density at radius 2 is 1.79 bits per heavy atom. The van der Waals surface area contributed by atoms with Crippen LogP contribution in [0.15, 0.2) is 82.2 Å². The summed E-state index contributed by atoms with van der Waals surface area (Å²) in [6, 6.07) is 22.4. The van der Waals surface area contributed by atoms with E-state index in [1.54, 1.807) is 24.3 Å². The van der Waals surface area contributed by atoms with E-state index in [2.05, 4.69) is 43.8 Å². The maximum atomic E-state index is 12.9. The number of thioether (sulfide) groups is 1. The molecule has 0 atom stereocenters. The van der Waals surface area contributed by atoms with Crippen molar-refractivity contribution >= 4 is 79.1 Å². The van der Waals surface area contributed by atoms with Crippen LogP contribution in [0.25, 0.3) is 6.08 Å². The summed E-state index contributed by atoms with van der Waals surface area (Å²) in [6.45, 7) is 0.00728. The zero-order chi connectivity index (χ0) is 24.1. The number of halogens is 2. The molecule has 1 aliphatic rings. The van der Waals surface area contributed by atoms with Crippen LogP contribution in [0.5, 0.6) is 5.75 Å². The lowest BCUT2D eigenvalue weighted by molar-refractivity contribution is -0.127. The molecule has 0 aromatic heterocycles. The quantitative estimate of drug-likeness (QED) is 0.240. The molecule has 6 nitrogen and oxygen atoms in total. The lowest BCUT2D eigenvalue weighted by Crippen LogP contribution is -2.36. The van der Waals surface area contributed by atoms with Crippen LogP contribution in [0.1, 0.15) is 11.1 Å². The van der Waals surface area contributed by atoms with Crippen LogP contribution in [0.2, 0.25) is 0 Å². The third-order valence-corrected chi connectivity index (χ3v) is 6.92. The molecule has 1 heterocycles. The van der Waals surface area contributed by atoms with Crippen LogP contribution in [-0.2, 0) is 16.2 Å². The molecule has 34 heavy (non-hydrogen) atoms. The smallest absolute Gasteiger partial charge is 0.294 e. The molecule has 0 saturated carbocycles. The fourth-order valence-electron chi connectivity index (χ4n) is 3.15. The van der Waals surface area contributed by atoms with E-state index in [1.807, 2.05) is 54.6 Å². The van der Waals surface area contributed by atoms with Crippen molar-refractivity contribution in [3.8, 4) is 5.75 Å². The van der Waals surface area contributed by atoms with Gasteiger partial charge in [-0.25, -0.2) is 0 Å². The van der Waals surface area contributed by atoms with Gasteiger partial charge in [-0.15, -0.1) is 0 Å². The summed E-state index contributed by atoms with van der Waals surface area (Å²) < 4.78 is 7.81. The summed E-state index contributed by atoms with van der Waals surface area (Å²) >= 11 is 6.41. The van der Waals surface area contributed by atoms with E-state index in [9.17, 15) is 14.4 Å². The third kappa shape index (κ3) is 6.28. The van der Waals surface area contributed by atoms with E-state index in [1.165, 1.54) is 0 Å². The van der Waals surface area contributed by atoms with E-state index < -0.39 is 17.1 Å². The molecule has 0 bridgehead atoms. The fraction of sp³-hybridized carbons (Fsp3) is 0.0800. The minimum Gasteiger partial charge on any atom is -0.488 e. The van der Waals surface area contributed by atoms with Crippen molar-refractivity contribution in [1.82, 2.24) is 4.90 Å². The third-order valence-electron chi connectivity index (χ3n) is 4.80. The van der Waals surface area contributed by atoms with Gasteiger partial charge in [0, 0.05) is 19.3 Å². The lowest BCUT2D eigenvalue weighted by atomic mass is 10.1. The Hall–Kier alpha value is -2.63. The van der Waals surface area contributed by atoms with Crippen molar-refractivity contribution in [2.24, 2.45) is 0 Å². The maximum Gasteiger partial charge on any atom is 0.294 e. The second kappa shape index (κ2) is 11.2. The fourth-order valence-corrected chi connectivity index (χ4v) is 4.72. The molecule has 0 unspecified atom stereocenters. The zero-order valence-electron chi connectivity index (χ0n) is 17.7. The van der Waals surface area contributed by atoms with Gasteiger partial charge in [0.25, 0.3) is 11.1 Å². The number of hydrogen-bond acceptors (Lipinski definition) is 5. The summed E-state index contributed by atoms with van der Waals surface area (Å²) in [7, 11) is 0. The zero-order valence-corrected chi connectivity index (χ0v) is 22.2. The molecule has 1 N–H and O–H groups in total. The molecule has 0 spiro atoms. The first-order valence-electron chi connectivity index (χ1n) is 10.2. The van der Waals surface area contributed by atoms with Gasteiger partial charge in [0.15, 0.2) is 0 Å². The van der Waals surface area contributed by atoms with Gasteiger partial charge >= 0.3 is 0 Å². The van der Waals surface area contributed by atoms with Gasteiger partial charge in [-0.2, -0.15) is 0 Å². The highest BCUT2D eigenvalue weighted by atomic mass is 127. The molecule has 1 aliphatic heterocycles. The Morgan fingerprint density at radius 1 is 1.06 bits per heavy atom. The minimum atomic E-state index is -0.512. The van der Waals surface area contributed by atoms with E-state index in [-0.39, 0.29) is 11.4 Å². The Morgan fingerprint density at radius 3 is 2.53 bits per heavy atom. The molecule has 3 aromatic carbocycles. The number of ether oxygens (including phenoxy) is 1. The highest BCUT2D eigenvalue weighted by molar-refractivity contribution is 14.1. The molecular weight excluding hydrogens is 631 g/mol. The van der Waals surface area contributed by atoms with Crippen LogP contribution in [0.4, 0.5) is 10.5 Å². The van der Waals surface area contributed by atoms with Gasteiger partial charge in [0.2, 0.25) is 5.91 Å². The van der Waals surface area contributed by atoms with Crippen molar-refractivity contribution in [3.05, 3.63) is 96.9 Å². The number of carbonyl (C=O) groups is 3. The van der Waals surface area contributed by atoms with Gasteiger partial charge in [0.1, 0.15) is 18.9 Å². The van der Waals surface area contributed by atoms with Crippen LogP contribution < -0.4 is 10.1 Å². The average Bonchev–Trinajstić information content (AvgIpc) is 3.08. The first-order chi connectivity index (χ1) is 16.4. The van der Waals surface area contributed by atoms with Crippen molar-refractivity contribution in [1.29, 1.82) is 0 Å². The van der Waals surface area contributed by atoms with Crippen molar-refractivity contribution in [3.63, 3.8) is 0 Å². The van der Waals surface area contributed by atoms with Crippen molar-refractivity contribution in [2.75, 3.05) is 11.9 Å². The summed E-state index contributed by atoms with van der Waals surface area (Å²) in [5, 5.41) is 2.22. The van der Waals surface area contributed by atoms with Crippen LogP contribution >= 0.6 is 50.3 Å². The number of hydrogen-bond donors (Lipinski definition) is 1. The first-order valence-corrected chi connectivity index (χ1v) is 12.8. The van der Waals surface area contributed by atoms with Gasteiger partial charge < -0.3 is 10.1 Å². The summed E-state index contributed by atoms with van der Waals surface area (Å²) in [4.78, 5) is 39.0. The lowest BCUT2D eigenvalue weighted by Gasteiger charge is -2.13. The normalized spacial score (nSPS) is 14.5. The predicted molar refractivity (Wildman–Crippen MR) is 145 cm³/mol. The van der Waals surface area contributed by atoms with Crippen molar-refractivity contribution < 1.29 is 19.1 Å². The summed E-state index contributed by atoms with van der Waals surface area (Å²) in [5.41, 5.74) is 2.26. The summed E-state index contributed by atoms with van der Waals surface area (Å²) in [5.74, 6) is -0.379. The molecule has 172 valence electrons. The molecular formula is C25H18BrIN2O4S. The molecule has 4 rings (SSSR count). The molecule has 9 heteroatoms. The number of nitrogens with zero attached hydrogens (tertiary/aromatic N) is 1. The Kier molecular flexibility index (Phi) is 8.07. The molecule has 3 amide bonds. The molecule has 0 radical (unpaired) electrons. The first kappa shape index (κ1) is 24.5. The Balaban J connectivity index is 1.47. The number of imide groups is 1. The Bertz CT molecular complexity index is 1270. The van der Waals surface area contributed by atoms with Crippen molar-refractivity contribution in [2.45, 2.75) is 6.61 Å². The van der Waals surface area contributed by atoms with Gasteiger partial charge in [-0.05, 0) is 88.5 Å². The van der Waals surface area contributed by atoms with Crippen LogP contribution in [0, 0.1) is 3.57 Å². The number of amides is 3. The standard InChI is InChI=1S/C25H18BrIN2O4S/c26-18-6-11-21(33-15-16-4-2-1-3-5-16)17(12-18)13-22-24(31)29(25(32)34-22)14-23(30)28-20-9-7-19(27)8-10-20/h1-13H,14-15H2,(H,28,30)/b22-13-. The largest absolute Gasteiger partial charge is 0.488 e. The molecule has 1 fully saturated rings. The Labute approximate surface area is 223 Å². The SMILES string of the molecule is O=C(CN1C(=O)S/C(=C\c2cc(Br)ccc2OCc2ccccc2)C1=O)Nc1ccc(I)cc1. The van der Waals surface area contributed by atoms with Gasteiger partial charge in [0.05, 0.1) is 4.91 Å². The van der Waals surface area contributed by atoms with Gasteiger partial charge in [-0.1, -0.05) is 46.3 Å². The maximum absolute atomic E-state index is 12.9. The van der Waals surface area contributed by atoms with E-state index in [4.69, 9.17) is 4.74 Å². The highest BCUT2D eigenvalue weighted by Gasteiger charge is 2.36. The predicted octanol–water partition coefficient (Wildman–Crippen LogP) is 6.31. The topological polar surface area (TPSA) is 75.7 Å². The monoisotopic (exact) mass is 648 g/mol. The minimum absolute atomic E-state index is 0.231. The number of rotatable bonds is 7. The second-order valence-corrected chi connectivity index (χ2v) is 10.4. The van der Waals surface area contributed by atoms with E-state index >= 15 is 0 Å². The molecule has 1 saturated heterocycles. The molecule has 0 aliphatic carbocycles. The number of anilines is 1. The number of benzene rings is 3. The molecule has 3 aromatic rings. The van der Waals surface area contributed by atoms with Crippen LogP contribution in [0.3, 0.4) is 0 Å². The van der Waals surface area contributed by atoms with E-state index in [0.717, 1.165) is 30.3 Å². The number of nitrogens with one attached hydrogen (secondary N) is 1. The van der Waals surface area contributed by atoms with Crippen LogP contribution in [-0.4, -0.2) is 28.5 Å². The average molecular weight is 649 g/mol. The number of carbonyl (C=O) groups excluding carboxylic acids is 3. The highest BCUT2D eigenvalue weighted by Crippen LogP contribution is 2.35. The second-order valence-electron chi connectivity index (χ2n) is 7.28. The van der Waals surface area contributed by atoms with Gasteiger partial charge in [-0.3, -0.25) is 19.3 Å². The van der Waals surface area contributed by atoms with E-state index in [0.29, 0.717) is 23.6 Å².